The summed E-state index contributed by atoms with van der Waals surface area (Å²) in [4.78, 5) is 0. The first-order chi connectivity index (χ1) is 9.45. The van der Waals surface area contributed by atoms with Gasteiger partial charge in [0.15, 0.2) is 0 Å². The van der Waals surface area contributed by atoms with Crippen LogP contribution in [0.15, 0.2) is 45.3 Å². The fraction of sp³-hybridized carbons (Fsp3) is 0.250. The molecular formula is C16H17Br2NO. The van der Waals surface area contributed by atoms with Gasteiger partial charge in [0.2, 0.25) is 0 Å². The molecule has 2 aromatic rings. The number of rotatable bonds is 4. The summed E-state index contributed by atoms with van der Waals surface area (Å²) in [6, 6.07) is 12.2. The van der Waals surface area contributed by atoms with Crippen molar-refractivity contribution in [2.75, 3.05) is 0 Å². The molecule has 106 valence electrons. The van der Waals surface area contributed by atoms with Crippen LogP contribution in [0.2, 0.25) is 0 Å². The number of hydrogen-bond acceptors (Lipinski definition) is 2. The molecule has 0 fully saturated rings. The van der Waals surface area contributed by atoms with Gasteiger partial charge in [-0.3, -0.25) is 0 Å². The Bertz CT molecular complexity index is 611. The molecule has 0 aromatic heterocycles. The second-order valence-electron chi connectivity index (χ2n) is 4.97. The van der Waals surface area contributed by atoms with Crippen LogP contribution in [0.25, 0.3) is 0 Å². The van der Waals surface area contributed by atoms with E-state index in [-0.39, 0.29) is 6.04 Å². The van der Waals surface area contributed by atoms with Crippen LogP contribution in [0.4, 0.5) is 0 Å². The van der Waals surface area contributed by atoms with Gasteiger partial charge >= 0.3 is 0 Å². The molecule has 2 aromatic carbocycles. The first kappa shape index (κ1) is 15.5. The average molecular weight is 399 g/mol. The van der Waals surface area contributed by atoms with Crippen molar-refractivity contribution in [1.29, 1.82) is 0 Å². The van der Waals surface area contributed by atoms with E-state index in [1.165, 1.54) is 5.56 Å². The molecule has 1 atom stereocenters. The number of aryl methyl sites for hydroxylation is 1. The van der Waals surface area contributed by atoms with Crippen molar-refractivity contribution < 1.29 is 4.74 Å². The van der Waals surface area contributed by atoms with Crippen LogP contribution in [0, 0.1) is 6.92 Å². The van der Waals surface area contributed by atoms with E-state index in [1.807, 2.05) is 43.3 Å². The molecule has 0 heterocycles. The van der Waals surface area contributed by atoms with Crippen LogP contribution in [0.5, 0.6) is 11.5 Å². The van der Waals surface area contributed by atoms with Gasteiger partial charge < -0.3 is 10.5 Å². The molecular weight excluding hydrogens is 382 g/mol. The Morgan fingerprint density at radius 1 is 1.10 bits per heavy atom. The van der Waals surface area contributed by atoms with E-state index in [4.69, 9.17) is 10.5 Å². The van der Waals surface area contributed by atoms with Gasteiger partial charge in [0.05, 0.1) is 4.47 Å². The molecule has 20 heavy (non-hydrogen) atoms. The van der Waals surface area contributed by atoms with Gasteiger partial charge in [0.25, 0.3) is 0 Å². The quantitative estimate of drug-likeness (QED) is 0.767. The molecule has 0 amide bonds. The first-order valence-electron chi connectivity index (χ1n) is 6.43. The maximum absolute atomic E-state index is 6.04. The number of halogens is 2. The van der Waals surface area contributed by atoms with Gasteiger partial charge in [-0.2, -0.15) is 0 Å². The highest BCUT2D eigenvalue weighted by molar-refractivity contribution is 9.10. The van der Waals surface area contributed by atoms with E-state index in [0.29, 0.717) is 0 Å². The van der Waals surface area contributed by atoms with Crippen molar-refractivity contribution in [2.24, 2.45) is 5.73 Å². The zero-order valence-corrected chi connectivity index (χ0v) is 14.7. The number of nitrogens with two attached hydrogens (primary N) is 1. The molecule has 4 heteroatoms. The normalized spacial score (nSPS) is 12.2. The lowest BCUT2D eigenvalue weighted by molar-refractivity contribution is 0.470. The van der Waals surface area contributed by atoms with E-state index in [2.05, 4.69) is 38.8 Å². The lowest BCUT2D eigenvalue weighted by atomic mass is 10.1. The second-order valence-corrected chi connectivity index (χ2v) is 6.74. The van der Waals surface area contributed by atoms with Crippen molar-refractivity contribution in [3.63, 3.8) is 0 Å². The Labute approximate surface area is 136 Å². The van der Waals surface area contributed by atoms with E-state index >= 15 is 0 Å². The Morgan fingerprint density at radius 2 is 1.85 bits per heavy atom. The maximum atomic E-state index is 6.04. The monoisotopic (exact) mass is 397 g/mol. The summed E-state index contributed by atoms with van der Waals surface area (Å²) in [7, 11) is 0. The van der Waals surface area contributed by atoms with Gasteiger partial charge in [-0.15, -0.1) is 0 Å². The molecule has 0 aliphatic carbocycles. The standard InChI is InChI=1S/C16H17Br2NO/c1-10-3-6-15(14(18)7-10)20-16-9-13(17)5-4-12(16)8-11(2)19/h3-7,9,11H,8,19H2,1-2H3. The predicted octanol–water partition coefficient (Wildman–Crippen LogP) is 5.20. The molecule has 0 radical (unpaired) electrons. The summed E-state index contributed by atoms with van der Waals surface area (Å²) in [6.07, 6.45) is 0.784. The van der Waals surface area contributed by atoms with Crippen LogP contribution in [-0.4, -0.2) is 6.04 Å². The Kier molecular flexibility index (Phi) is 5.24. The van der Waals surface area contributed by atoms with Crippen molar-refractivity contribution in [3.8, 4) is 11.5 Å². The van der Waals surface area contributed by atoms with Crippen molar-refractivity contribution in [1.82, 2.24) is 0 Å². The third-order valence-electron chi connectivity index (χ3n) is 2.88. The minimum atomic E-state index is 0.0972. The van der Waals surface area contributed by atoms with Gasteiger partial charge in [0.1, 0.15) is 11.5 Å². The van der Waals surface area contributed by atoms with Crippen molar-refractivity contribution >= 4 is 31.9 Å². The number of hydrogen-bond donors (Lipinski definition) is 1. The van der Waals surface area contributed by atoms with E-state index in [1.54, 1.807) is 0 Å². The highest BCUT2D eigenvalue weighted by atomic mass is 79.9. The van der Waals surface area contributed by atoms with Gasteiger partial charge in [0, 0.05) is 10.5 Å². The summed E-state index contributed by atoms with van der Waals surface area (Å²) >= 11 is 7.02. The molecule has 0 spiro atoms. The van der Waals surface area contributed by atoms with Crippen molar-refractivity contribution in [3.05, 3.63) is 56.5 Å². The minimum Gasteiger partial charge on any atom is -0.456 e. The molecule has 2 nitrogen and oxygen atoms in total. The van der Waals surface area contributed by atoms with Gasteiger partial charge in [-0.05, 0) is 71.6 Å². The molecule has 2 rings (SSSR count). The summed E-state index contributed by atoms with van der Waals surface area (Å²) in [6.45, 7) is 4.04. The first-order valence-corrected chi connectivity index (χ1v) is 8.02. The molecule has 2 N–H and O–H groups in total. The lowest BCUT2D eigenvalue weighted by Crippen LogP contribution is -2.18. The summed E-state index contributed by atoms with van der Waals surface area (Å²) < 4.78 is 7.98. The smallest absolute Gasteiger partial charge is 0.141 e. The van der Waals surface area contributed by atoms with Crippen LogP contribution in [0.1, 0.15) is 18.1 Å². The fourth-order valence-corrected chi connectivity index (χ4v) is 2.86. The largest absolute Gasteiger partial charge is 0.456 e. The second kappa shape index (κ2) is 6.74. The third-order valence-corrected chi connectivity index (χ3v) is 3.99. The molecule has 0 saturated heterocycles. The van der Waals surface area contributed by atoms with Gasteiger partial charge in [-0.25, -0.2) is 0 Å². The number of benzene rings is 2. The summed E-state index contributed by atoms with van der Waals surface area (Å²) in [5, 5.41) is 0. The third kappa shape index (κ3) is 4.08. The van der Waals surface area contributed by atoms with Crippen LogP contribution >= 0.6 is 31.9 Å². The van der Waals surface area contributed by atoms with Crippen molar-refractivity contribution in [2.45, 2.75) is 26.3 Å². The highest BCUT2D eigenvalue weighted by Crippen LogP contribution is 2.34. The Hall–Kier alpha value is -0.840. The molecule has 0 bridgehead atoms. The number of ether oxygens (including phenoxy) is 1. The summed E-state index contributed by atoms with van der Waals surface area (Å²) in [5.74, 6) is 1.64. The van der Waals surface area contributed by atoms with Crippen LogP contribution < -0.4 is 10.5 Å². The molecule has 0 aliphatic rings. The van der Waals surface area contributed by atoms with E-state index in [9.17, 15) is 0 Å². The summed E-state index contributed by atoms with van der Waals surface area (Å²) in [5.41, 5.74) is 8.19. The minimum absolute atomic E-state index is 0.0972. The maximum Gasteiger partial charge on any atom is 0.141 e. The predicted molar refractivity (Wildman–Crippen MR) is 90.4 cm³/mol. The molecule has 0 saturated carbocycles. The molecule has 1 unspecified atom stereocenters. The van der Waals surface area contributed by atoms with Gasteiger partial charge in [-0.1, -0.05) is 28.1 Å². The fourth-order valence-electron chi connectivity index (χ4n) is 1.95. The highest BCUT2D eigenvalue weighted by Gasteiger charge is 2.10. The Balaban J connectivity index is 2.34. The van der Waals surface area contributed by atoms with E-state index in [0.717, 1.165) is 32.4 Å². The van der Waals surface area contributed by atoms with Crippen LogP contribution in [0.3, 0.4) is 0 Å². The van der Waals surface area contributed by atoms with E-state index < -0.39 is 0 Å². The zero-order chi connectivity index (χ0) is 14.7. The lowest BCUT2D eigenvalue weighted by Gasteiger charge is -2.14. The molecule has 0 aliphatic heterocycles. The van der Waals surface area contributed by atoms with Crippen LogP contribution in [-0.2, 0) is 6.42 Å². The SMILES string of the molecule is Cc1ccc(Oc2cc(Br)ccc2CC(C)N)c(Br)c1. The average Bonchev–Trinajstić information content (AvgIpc) is 2.35. The zero-order valence-electron chi connectivity index (χ0n) is 11.5. The topological polar surface area (TPSA) is 35.2 Å². The Morgan fingerprint density at radius 3 is 2.50 bits per heavy atom.